The number of β-amino-alcohol motifs (C(OH)–C–C–N with tert-alkyl or cyclic N) is 1. The molecule has 27 heavy (non-hydrogen) atoms. The monoisotopic (exact) mass is 376 g/mol. The minimum Gasteiger partial charge on any atom is -0.492 e. The highest BCUT2D eigenvalue weighted by molar-refractivity contribution is 5.90. The molecule has 1 aliphatic carbocycles. The number of nitrogens with two attached hydrogens (primary N) is 1. The van der Waals surface area contributed by atoms with Crippen molar-refractivity contribution in [1.82, 2.24) is 9.24 Å². The third-order valence-corrected chi connectivity index (χ3v) is 5.63. The lowest BCUT2D eigenvalue weighted by Gasteiger charge is -2.37. The van der Waals surface area contributed by atoms with E-state index >= 15 is 0 Å². The van der Waals surface area contributed by atoms with Gasteiger partial charge in [0, 0.05) is 31.7 Å². The summed E-state index contributed by atoms with van der Waals surface area (Å²) < 4.78 is 7.85. The van der Waals surface area contributed by atoms with Crippen molar-refractivity contribution in [3.63, 3.8) is 0 Å². The van der Waals surface area contributed by atoms with Crippen LogP contribution in [0.2, 0.25) is 0 Å². The molecule has 2 atom stereocenters. The van der Waals surface area contributed by atoms with E-state index in [1.807, 2.05) is 4.90 Å². The van der Waals surface area contributed by atoms with Gasteiger partial charge in [0.15, 0.2) is 5.75 Å². The van der Waals surface area contributed by atoms with Gasteiger partial charge >= 0.3 is 5.69 Å². The van der Waals surface area contributed by atoms with Gasteiger partial charge in [-0.3, -0.25) is 9.36 Å². The van der Waals surface area contributed by atoms with Crippen LogP contribution in [-0.4, -0.2) is 52.4 Å². The van der Waals surface area contributed by atoms with Crippen LogP contribution in [0.5, 0.6) is 5.75 Å². The second-order valence-corrected chi connectivity index (χ2v) is 7.32. The number of piperidine rings is 1. The van der Waals surface area contributed by atoms with Crippen LogP contribution in [0.25, 0.3) is 10.9 Å². The van der Waals surface area contributed by atoms with Crippen LogP contribution < -0.4 is 26.7 Å². The van der Waals surface area contributed by atoms with Crippen molar-refractivity contribution in [2.24, 2.45) is 5.92 Å². The van der Waals surface area contributed by atoms with Crippen LogP contribution in [0.4, 0.5) is 5.69 Å². The number of nitrogens with zero attached hydrogens (tertiary/aromatic N) is 3. The number of ether oxygens (including phenoxy) is 1. The van der Waals surface area contributed by atoms with Crippen molar-refractivity contribution >= 4 is 16.6 Å². The fourth-order valence-electron chi connectivity index (χ4n) is 3.93. The predicted octanol–water partition coefficient (Wildman–Crippen LogP) is -0.600. The lowest BCUT2D eigenvalue weighted by Crippen LogP contribution is -2.46. The molecule has 1 aromatic heterocycles. The summed E-state index contributed by atoms with van der Waals surface area (Å²) in [5, 5.41) is 20.0. The molecular weight excluding hydrogens is 352 g/mol. The molecule has 4 N–H and O–H groups in total. The summed E-state index contributed by atoms with van der Waals surface area (Å²) in [4.78, 5) is 27.1. The number of aliphatic hydroxyl groups excluding tert-OH is 2. The van der Waals surface area contributed by atoms with Crippen LogP contribution in [-0.2, 0) is 0 Å². The van der Waals surface area contributed by atoms with Crippen molar-refractivity contribution < 1.29 is 14.9 Å². The van der Waals surface area contributed by atoms with Crippen molar-refractivity contribution in [3.8, 4) is 5.75 Å². The number of aromatic nitrogens is 2. The molecule has 146 valence electrons. The highest BCUT2D eigenvalue weighted by atomic mass is 16.5. The molecule has 1 saturated carbocycles. The number of benzene rings is 1. The maximum atomic E-state index is 12.6. The van der Waals surface area contributed by atoms with E-state index in [1.54, 1.807) is 16.7 Å². The van der Waals surface area contributed by atoms with E-state index in [9.17, 15) is 19.8 Å². The molecule has 0 bridgehead atoms. The molecule has 0 radical (unpaired) electrons. The average Bonchev–Trinajstić information content (AvgIpc) is 3.50. The van der Waals surface area contributed by atoms with Gasteiger partial charge in [-0.1, -0.05) is 0 Å². The Morgan fingerprint density at radius 1 is 1.26 bits per heavy atom. The zero-order valence-corrected chi connectivity index (χ0v) is 15.2. The van der Waals surface area contributed by atoms with Gasteiger partial charge in [-0.05, 0) is 31.4 Å². The number of hydrogen-bond donors (Lipinski definition) is 3. The summed E-state index contributed by atoms with van der Waals surface area (Å²) in [6.07, 6.45) is 1.67. The standard InChI is InChI=1S/C18H24N4O5/c1-27-16-13(20-7-6-10(9-23)14(24)8-20)5-4-12-15(16)21(11-2-3-11)18(26)22(19)17(12)25/h4-5,10-11,14,23-24H,2-3,6-9,19H2,1H3. The maximum absolute atomic E-state index is 12.6. The first kappa shape index (κ1) is 17.9. The minimum atomic E-state index is -0.660. The van der Waals surface area contributed by atoms with E-state index in [2.05, 4.69) is 0 Å². The molecule has 2 aromatic rings. The van der Waals surface area contributed by atoms with Crippen molar-refractivity contribution in [3.05, 3.63) is 33.0 Å². The van der Waals surface area contributed by atoms with E-state index in [1.165, 1.54) is 7.11 Å². The van der Waals surface area contributed by atoms with Gasteiger partial charge in [0.05, 0.1) is 24.3 Å². The number of anilines is 1. The molecule has 4 rings (SSSR count). The first-order valence-electron chi connectivity index (χ1n) is 9.15. The number of nitrogen functional groups attached to an aromatic ring is 1. The fraction of sp³-hybridized carbons (Fsp3) is 0.556. The predicted molar refractivity (Wildman–Crippen MR) is 101 cm³/mol. The number of aliphatic hydroxyl groups is 2. The van der Waals surface area contributed by atoms with Crippen LogP contribution >= 0.6 is 0 Å². The van der Waals surface area contributed by atoms with Crippen molar-refractivity contribution in [1.29, 1.82) is 0 Å². The molecule has 2 aliphatic rings. The van der Waals surface area contributed by atoms with Gasteiger partial charge < -0.3 is 25.7 Å². The normalized spacial score (nSPS) is 23.0. The van der Waals surface area contributed by atoms with Crippen molar-refractivity contribution in [2.45, 2.75) is 31.4 Å². The topological polar surface area (TPSA) is 123 Å². The Morgan fingerprint density at radius 3 is 2.59 bits per heavy atom. The van der Waals surface area contributed by atoms with E-state index in [0.29, 0.717) is 46.5 Å². The van der Waals surface area contributed by atoms with Crippen LogP contribution in [0, 0.1) is 5.92 Å². The summed E-state index contributed by atoms with van der Waals surface area (Å²) in [6, 6.07) is 3.42. The molecular formula is C18H24N4O5. The Labute approximate surface area is 155 Å². The summed E-state index contributed by atoms with van der Waals surface area (Å²) in [5.41, 5.74) is 0.0524. The average molecular weight is 376 g/mol. The smallest absolute Gasteiger partial charge is 0.350 e. The number of hydrogen-bond acceptors (Lipinski definition) is 7. The maximum Gasteiger partial charge on any atom is 0.350 e. The van der Waals surface area contributed by atoms with Gasteiger partial charge in [0.25, 0.3) is 5.56 Å². The number of fused-ring (bicyclic) bond motifs is 1. The van der Waals surface area contributed by atoms with Crippen LogP contribution in [0.1, 0.15) is 25.3 Å². The molecule has 0 spiro atoms. The van der Waals surface area contributed by atoms with Gasteiger partial charge in [0.2, 0.25) is 0 Å². The second-order valence-electron chi connectivity index (χ2n) is 7.32. The quantitative estimate of drug-likeness (QED) is 0.609. The van der Waals surface area contributed by atoms with Gasteiger partial charge in [0.1, 0.15) is 5.52 Å². The Kier molecular flexibility index (Phi) is 4.35. The molecule has 9 heteroatoms. The van der Waals surface area contributed by atoms with Crippen molar-refractivity contribution in [2.75, 3.05) is 37.5 Å². The molecule has 1 aromatic carbocycles. The van der Waals surface area contributed by atoms with E-state index in [4.69, 9.17) is 10.6 Å². The Bertz CT molecular complexity index is 994. The third kappa shape index (κ3) is 2.78. The summed E-state index contributed by atoms with van der Waals surface area (Å²) in [6.45, 7) is 0.918. The largest absolute Gasteiger partial charge is 0.492 e. The first-order valence-corrected chi connectivity index (χ1v) is 9.15. The lowest BCUT2D eigenvalue weighted by molar-refractivity contribution is 0.0547. The molecule has 2 fully saturated rings. The van der Waals surface area contributed by atoms with Gasteiger partial charge in [-0.25, -0.2) is 4.79 Å². The van der Waals surface area contributed by atoms with Gasteiger partial charge in [-0.15, -0.1) is 0 Å². The highest BCUT2D eigenvalue weighted by Crippen LogP contribution is 2.41. The zero-order valence-electron chi connectivity index (χ0n) is 15.2. The number of rotatable bonds is 4. The lowest BCUT2D eigenvalue weighted by atomic mass is 9.94. The zero-order chi connectivity index (χ0) is 19.3. The fourth-order valence-corrected chi connectivity index (χ4v) is 3.93. The Balaban J connectivity index is 1.91. The second kappa shape index (κ2) is 6.58. The molecule has 2 heterocycles. The van der Waals surface area contributed by atoms with Gasteiger partial charge in [-0.2, -0.15) is 4.68 Å². The van der Waals surface area contributed by atoms with Crippen LogP contribution in [0.15, 0.2) is 21.7 Å². The first-order chi connectivity index (χ1) is 13.0. The molecule has 2 unspecified atom stereocenters. The van der Waals surface area contributed by atoms with E-state index in [0.717, 1.165) is 12.8 Å². The highest BCUT2D eigenvalue weighted by Gasteiger charge is 2.33. The van der Waals surface area contributed by atoms with E-state index in [-0.39, 0.29) is 18.6 Å². The Hall–Kier alpha value is -2.52. The summed E-state index contributed by atoms with van der Waals surface area (Å²) in [7, 11) is 1.50. The summed E-state index contributed by atoms with van der Waals surface area (Å²) in [5.74, 6) is 5.98. The van der Waals surface area contributed by atoms with E-state index < -0.39 is 17.4 Å². The van der Waals surface area contributed by atoms with Crippen LogP contribution in [0.3, 0.4) is 0 Å². The Morgan fingerprint density at radius 2 is 2.00 bits per heavy atom. The third-order valence-electron chi connectivity index (χ3n) is 5.63. The molecule has 0 amide bonds. The minimum absolute atomic E-state index is 0.00488. The molecule has 1 aliphatic heterocycles. The molecule has 9 nitrogen and oxygen atoms in total. The molecule has 1 saturated heterocycles. The SMILES string of the molecule is COc1c(N2CCC(CO)C(O)C2)ccc2c(=O)n(N)c(=O)n(C3CC3)c12. The number of methoxy groups -OCH3 is 1. The summed E-state index contributed by atoms with van der Waals surface area (Å²) >= 11 is 0.